The predicted octanol–water partition coefficient (Wildman–Crippen LogP) is 3.60. The minimum Gasteiger partial charge on any atom is -0.466 e. The van der Waals surface area contributed by atoms with Crippen molar-refractivity contribution in [1.29, 1.82) is 0 Å². The Morgan fingerprint density at radius 3 is 2.39 bits per heavy atom. The van der Waals surface area contributed by atoms with Crippen molar-refractivity contribution in [3.8, 4) is 0 Å². The summed E-state index contributed by atoms with van der Waals surface area (Å²) in [5, 5.41) is 5.53. The van der Waals surface area contributed by atoms with Crippen LogP contribution in [0.15, 0.2) is 5.38 Å². The van der Waals surface area contributed by atoms with Crippen LogP contribution in [0.2, 0.25) is 0 Å². The number of esters is 1. The Morgan fingerprint density at radius 1 is 1.23 bits per heavy atom. The molecule has 1 saturated carbocycles. The number of carbonyl (C=O) groups is 3. The summed E-state index contributed by atoms with van der Waals surface area (Å²) in [5.74, 6) is 0.0537. The number of rotatable bonds is 7. The molecule has 1 aliphatic carbocycles. The zero-order valence-corrected chi connectivity index (χ0v) is 20.3. The summed E-state index contributed by atoms with van der Waals surface area (Å²) in [6.45, 7) is 14.1. The van der Waals surface area contributed by atoms with Gasteiger partial charge in [0.2, 0.25) is 5.91 Å². The number of carbonyl (C=O) groups excluding carboxylic acids is 3. The van der Waals surface area contributed by atoms with Crippen molar-refractivity contribution in [2.75, 3.05) is 19.7 Å². The Balaban J connectivity index is 1.50. The molecule has 1 saturated heterocycles. The molecule has 1 N–H and O–H groups in total. The fourth-order valence-corrected chi connectivity index (χ4v) is 5.71. The standard InChI is InChI=1S/C23H35N3O4S/c1-7-30-17(27)12-14(2)24-19(28)16-13-31-20(25-16)15-8-10-26(11-9-15)21(29)18-22(3,4)23(18,5)6/h13-15,18H,7-12H2,1-6H3,(H,24,28). The molecule has 2 fully saturated rings. The first kappa shape index (κ1) is 23.7. The minimum atomic E-state index is -0.325. The molecule has 1 aromatic heterocycles. The molecule has 7 nitrogen and oxygen atoms in total. The molecule has 172 valence electrons. The summed E-state index contributed by atoms with van der Waals surface area (Å²) >= 11 is 1.49. The van der Waals surface area contributed by atoms with Crippen LogP contribution < -0.4 is 5.32 Å². The largest absolute Gasteiger partial charge is 0.466 e. The molecule has 0 radical (unpaired) electrons. The van der Waals surface area contributed by atoms with Gasteiger partial charge in [-0.1, -0.05) is 27.7 Å². The Kier molecular flexibility index (Phi) is 6.79. The van der Waals surface area contributed by atoms with Crippen LogP contribution in [0.3, 0.4) is 0 Å². The third kappa shape index (κ3) is 4.78. The van der Waals surface area contributed by atoms with Crippen LogP contribution >= 0.6 is 11.3 Å². The van der Waals surface area contributed by atoms with E-state index in [1.165, 1.54) is 11.3 Å². The van der Waals surface area contributed by atoms with Crippen LogP contribution in [0.5, 0.6) is 0 Å². The fourth-order valence-electron chi connectivity index (χ4n) is 4.74. The number of ether oxygens (including phenoxy) is 1. The lowest BCUT2D eigenvalue weighted by Crippen LogP contribution is -2.40. The van der Waals surface area contributed by atoms with Gasteiger partial charge in [-0.05, 0) is 37.5 Å². The Morgan fingerprint density at radius 2 is 1.84 bits per heavy atom. The van der Waals surface area contributed by atoms with E-state index < -0.39 is 0 Å². The maximum absolute atomic E-state index is 13.0. The average Bonchev–Trinajstić information content (AvgIpc) is 3.04. The molecule has 8 heteroatoms. The monoisotopic (exact) mass is 449 g/mol. The van der Waals surface area contributed by atoms with Gasteiger partial charge in [-0.2, -0.15) is 0 Å². The average molecular weight is 450 g/mol. The molecule has 1 aromatic rings. The zero-order chi connectivity index (χ0) is 23.0. The molecule has 0 bridgehead atoms. The lowest BCUT2D eigenvalue weighted by molar-refractivity contribution is -0.143. The fraction of sp³-hybridized carbons (Fsp3) is 0.739. The van der Waals surface area contributed by atoms with Crippen molar-refractivity contribution in [2.24, 2.45) is 16.7 Å². The van der Waals surface area contributed by atoms with Crippen molar-refractivity contribution in [3.05, 3.63) is 16.1 Å². The summed E-state index contributed by atoms with van der Waals surface area (Å²) in [5.41, 5.74) is 0.502. The number of amides is 2. The first-order valence-electron chi connectivity index (χ1n) is 11.2. The molecular formula is C23H35N3O4S. The summed E-state index contributed by atoms with van der Waals surface area (Å²) in [6, 6.07) is -0.318. The van der Waals surface area contributed by atoms with E-state index in [0.29, 0.717) is 12.3 Å². The van der Waals surface area contributed by atoms with E-state index in [4.69, 9.17) is 4.74 Å². The second-order valence-corrected chi connectivity index (χ2v) is 10.8. The number of thiazole rings is 1. The predicted molar refractivity (Wildman–Crippen MR) is 120 cm³/mol. The molecular weight excluding hydrogens is 414 g/mol. The van der Waals surface area contributed by atoms with Crippen molar-refractivity contribution < 1.29 is 19.1 Å². The molecule has 1 atom stereocenters. The van der Waals surface area contributed by atoms with E-state index in [2.05, 4.69) is 38.0 Å². The molecule has 3 rings (SSSR count). The molecule has 0 spiro atoms. The van der Waals surface area contributed by atoms with E-state index in [-0.39, 0.29) is 52.9 Å². The molecule has 1 aliphatic heterocycles. The van der Waals surface area contributed by atoms with E-state index in [1.807, 2.05) is 4.90 Å². The van der Waals surface area contributed by atoms with Crippen LogP contribution in [0.4, 0.5) is 0 Å². The number of likely N-dealkylation sites (tertiary alicyclic amines) is 1. The van der Waals surface area contributed by atoms with Gasteiger partial charge in [0.25, 0.3) is 5.91 Å². The first-order valence-corrected chi connectivity index (χ1v) is 12.1. The minimum absolute atomic E-state index is 0.0584. The van der Waals surface area contributed by atoms with E-state index >= 15 is 0 Å². The van der Waals surface area contributed by atoms with Gasteiger partial charge in [0.15, 0.2) is 0 Å². The third-order valence-electron chi connectivity index (χ3n) is 7.33. The molecule has 2 amide bonds. The quantitative estimate of drug-likeness (QED) is 0.643. The highest BCUT2D eigenvalue weighted by Gasteiger charge is 2.68. The molecule has 31 heavy (non-hydrogen) atoms. The summed E-state index contributed by atoms with van der Waals surface area (Å²) in [7, 11) is 0. The van der Waals surface area contributed by atoms with Crippen LogP contribution in [0.1, 0.15) is 82.2 Å². The van der Waals surface area contributed by atoms with Gasteiger partial charge in [-0.15, -0.1) is 11.3 Å². The molecule has 2 aliphatic rings. The molecule has 1 unspecified atom stereocenters. The van der Waals surface area contributed by atoms with Gasteiger partial charge in [0, 0.05) is 36.3 Å². The van der Waals surface area contributed by atoms with Crippen molar-refractivity contribution in [3.63, 3.8) is 0 Å². The SMILES string of the molecule is CCOC(=O)CC(C)NC(=O)c1csc(C2CCN(C(=O)C3C(C)(C)C3(C)C)CC2)n1. The number of hydrogen-bond donors (Lipinski definition) is 1. The van der Waals surface area contributed by atoms with Crippen LogP contribution in [-0.2, 0) is 14.3 Å². The number of piperidine rings is 1. The molecule has 2 heterocycles. The van der Waals surface area contributed by atoms with Gasteiger partial charge >= 0.3 is 5.97 Å². The Hall–Kier alpha value is -1.96. The maximum Gasteiger partial charge on any atom is 0.307 e. The lowest BCUT2D eigenvalue weighted by Gasteiger charge is -2.31. The first-order chi connectivity index (χ1) is 14.5. The maximum atomic E-state index is 13.0. The Bertz CT molecular complexity index is 826. The van der Waals surface area contributed by atoms with Gasteiger partial charge in [0.1, 0.15) is 5.69 Å². The van der Waals surface area contributed by atoms with Gasteiger partial charge in [-0.3, -0.25) is 14.4 Å². The highest BCUT2D eigenvalue weighted by molar-refractivity contribution is 7.09. The van der Waals surface area contributed by atoms with Gasteiger partial charge in [-0.25, -0.2) is 4.98 Å². The van der Waals surface area contributed by atoms with Crippen LogP contribution in [0.25, 0.3) is 0 Å². The topological polar surface area (TPSA) is 88.6 Å². The van der Waals surface area contributed by atoms with Gasteiger partial charge < -0.3 is 15.0 Å². The van der Waals surface area contributed by atoms with E-state index in [0.717, 1.165) is 30.9 Å². The zero-order valence-electron chi connectivity index (χ0n) is 19.5. The van der Waals surface area contributed by atoms with Gasteiger partial charge in [0.05, 0.1) is 18.0 Å². The smallest absolute Gasteiger partial charge is 0.307 e. The van der Waals surface area contributed by atoms with Crippen molar-refractivity contribution in [2.45, 2.75) is 72.8 Å². The highest BCUT2D eigenvalue weighted by atomic mass is 32.1. The van der Waals surface area contributed by atoms with Crippen molar-refractivity contribution in [1.82, 2.24) is 15.2 Å². The van der Waals surface area contributed by atoms with Crippen LogP contribution in [0, 0.1) is 16.7 Å². The second kappa shape index (κ2) is 8.88. The number of hydrogen-bond acceptors (Lipinski definition) is 6. The summed E-state index contributed by atoms with van der Waals surface area (Å²) < 4.78 is 4.92. The lowest BCUT2D eigenvalue weighted by atomic mass is 9.96. The second-order valence-electron chi connectivity index (χ2n) is 9.93. The van der Waals surface area contributed by atoms with Crippen molar-refractivity contribution >= 4 is 29.1 Å². The Labute approximate surface area is 188 Å². The normalized spacial score (nSPS) is 21.4. The van der Waals surface area contributed by atoms with E-state index in [9.17, 15) is 14.4 Å². The molecule has 0 aromatic carbocycles. The third-order valence-corrected chi connectivity index (χ3v) is 8.34. The number of nitrogens with zero attached hydrogens (tertiary/aromatic N) is 2. The van der Waals surface area contributed by atoms with Crippen LogP contribution in [-0.4, -0.2) is 53.4 Å². The highest BCUT2D eigenvalue weighted by Crippen LogP contribution is 2.68. The summed E-state index contributed by atoms with van der Waals surface area (Å²) in [4.78, 5) is 43.6. The summed E-state index contributed by atoms with van der Waals surface area (Å²) in [6.07, 6.45) is 1.87. The van der Waals surface area contributed by atoms with E-state index in [1.54, 1.807) is 19.2 Å². The number of nitrogens with one attached hydrogen (secondary N) is 1. The number of aromatic nitrogens is 1.